The van der Waals surface area contributed by atoms with Crippen molar-refractivity contribution in [2.24, 2.45) is 0 Å². The van der Waals surface area contributed by atoms with Crippen LogP contribution in [0.1, 0.15) is 12.0 Å². The second-order valence-electron chi connectivity index (χ2n) is 4.72. The standard InChI is InChI=1S/C13H18BrN3O/c1-16-5-2-6-17(9-13(16)18)8-10-3-4-11(14)7-12(10)15/h3-4,7H,2,5-6,8-9,15H2,1H3. The monoisotopic (exact) mass is 311 g/mol. The highest BCUT2D eigenvalue weighted by molar-refractivity contribution is 9.10. The van der Waals surface area contributed by atoms with Gasteiger partial charge in [-0.25, -0.2) is 0 Å². The zero-order chi connectivity index (χ0) is 13.1. The molecule has 0 bridgehead atoms. The third-order valence-electron chi connectivity index (χ3n) is 3.25. The summed E-state index contributed by atoms with van der Waals surface area (Å²) in [7, 11) is 1.86. The molecular weight excluding hydrogens is 294 g/mol. The Morgan fingerprint density at radius 2 is 2.17 bits per heavy atom. The smallest absolute Gasteiger partial charge is 0.236 e. The molecule has 5 heteroatoms. The summed E-state index contributed by atoms with van der Waals surface area (Å²) >= 11 is 3.40. The molecular formula is C13H18BrN3O. The van der Waals surface area contributed by atoms with Crippen LogP contribution in [-0.4, -0.2) is 42.4 Å². The predicted molar refractivity (Wildman–Crippen MR) is 76.1 cm³/mol. The Morgan fingerprint density at radius 1 is 1.39 bits per heavy atom. The van der Waals surface area contributed by atoms with Crippen LogP contribution in [-0.2, 0) is 11.3 Å². The van der Waals surface area contributed by atoms with Crippen LogP contribution in [0.2, 0.25) is 0 Å². The van der Waals surface area contributed by atoms with E-state index in [0.717, 1.165) is 41.8 Å². The first-order chi connectivity index (χ1) is 8.56. The maximum atomic E-state index is 11.8. The first kappa shape index (κ1) is 13.4. The Labute approximate surface area is 116 Å². The Kier molecular flexibility index (Phi) is 4.24. The SMILES string of the molecule is CN1CCCN(Cc2ccc(Br)cc2N)CC1=O. The molecule has 0 unspecified atom stereocenters. The molecule has 1 aliphatic rings. The van der Waals surface area contributed by atoms with Crippen LogP contribution < -0.4 is 5.73 Å². The van der Waals surface area contributed by atoms with E-state index < -0.39 is 0 Å². The van der Waals surface area contributed by atoms with E-state index in [-0.39, 0.29) is 5.91 Å². The van der Waals surface area contributed by atoms with Gasteiger partial charge in [0.25, 0.3) is 0 Å². The molecule has 98 valence electrons. The average Bonchev–Trinajstić information content (AvgIpc) is 2.46. The van der Waals surface area contributed by atoms with E-state index in [1.54, 1.807) is 4.90 Å². The normalized spacial score (nSPS) is 17.9. The maximum absolute atomic E-state index is 11.8. The summed E-state index contributed by atoms with van der Waals surface area (Å²) in [6, 6.07) is 5.90. The van der Waals surface area contributed by atoms with E-state index in [0.29, 0.717) is 6.54 Å². The highest BCUT2D eigenvalue weighted by Crippen LogP contribution is 2.20. The fourth-order valence-electron chi connectivity index (χ4n) is 2.13. The van der Waals surface area contributed by atoms with Gasteiger partial charge in [-0.2, -0.15) is 0 Å². The minimum absolute atomic E-state index is 0.184. The summed E-state index contributed by atoms with van der Waals surface area (Å²) in [5.41, 5.74) is 7.84. The molecule has 2 N–H and O–H groups in total. The van der Waals surface area contributed by atoms with Crippen LogP contribution in [0.5, 0.6) is 0 Å². The molecule has 4 nitrogen and oxygen atoms in total. The summed E-state index contributed by atoms with van der Waals surface area (Å²) in [5.74, 6) is 0.184. The van der Waals surface area contributed by atoms with Gasteiger partial charge in [-0.05, 0) is 24.1 Å². The summed E-state index contributed by atoms with van der Waals surface area (Å²) in [6.07, 6.45) is 1.01. The molecule has 2 rings (SSSR count). The van der Waals surface area contributed by atoms with Crippen LogP contribution in [0.15, 0.2) is 22.7 Å². The van der Waals surface area contributed by atoms with Gasteiger partial charge in [-0.3, -0.25) is 9.69 Å². The quantitative estimate of drug-likeness (QED) is 0.846. The van der Waals surface area contributed by atoms with Gasteiger partial charge in [0, 0.05) is 36.8 Å². The van der Waals surface area contributed by atoms with E-state index in [9.17, 15) is 4.79 Å². The minimum atomic E-state index is 0.184. The molecule has 0 aromatic heterocycles. The first-order valence-corrected chi connectivity index (χ1v) is 6.86. The molecule has 1 amide bonds. The molecule has 1 fully saturated rings. The molecule has 1 aliphatic heterocycles. The van der Waals surface area contributed by atoms with Gasteiger partial charge in [0.05, 0.1) is 6.54 Å². The highest BCUT2D eigenvalue weighted by Gasteiger charge is 2.19. The number of hydrogen-bond acceptors (Lipinski definition) is 3. The van der Waals surface area contributed by atoms with E-state index >= 15 is 0 Å². The number of nitrogens with zero attached hydrogens (tertiary/aromatic N) is 2. The second kappa shape index (κ2) is 5.71. The number of carbonyl (C=O) groups excluding carboxylic acids is 1. The lowest BCUT2D eigenvalue weighted by atomic mass is 10.1. The van der Waals surface area contributed by atoms with E-state index in [2.05, 4.69) is 20.8 Å². The zero-order valence-corrected chi connectivity index (χ0v) is 12.1. The Morgan fingerprint density at radius 3 is 2.89 bits per heavy atom. The number of halogens is 1. The van der Waals surface area contributed by atoms with Crippen molar-refractivity contribution in [3.63, 3.8) is 0 Å². The number of hydrogen-bond donors (Lipinski definition) is 1. The number of likely N-dealkylation sites (N-methyl/N-ethyl adjacent to an activating group) is 1. The van der Waals surface area contributed by atoms with E-state index in [1.165, 1.54) is 0 Å². The minimum Gasteiger partial charge on any atom is -0.398 e. The maximum Gasteiger partial charge on any atom is 0.236 e. The van der Waals surface area contributed by atoms with Crippen molar-refractivity contribution >= 4 is 27.5 Å². The average molecular weight is 312 g/mol. The summed E-state index contributed by atoms with van der Waals surface area (Å²) in [6.45, 7) is 2.99. The largest absolute Gasteiger partial charge is 0.398 e. The molecule has 0 aliphatic carbocycles. The van der Waals surface area contributed by atoms with Gasteiger partial charge in [-0.1, -0.05) is 22.0 Å². The van der Waals surface area contributed by atoms with Crippen molar-refractivity contribution < 1.29 is 4.79 Å². The Hall–Kier alpha value is -1.07. The van der Waals surface area contributed by atoms with Crippen molar-refractivity contribution in [3.8, 4) is 0 Å². The Bertz CT molecular complexity index is 450. The number of nitrogens with two attached hydrogens (primary N) is 1. The molecule has 1 aromatic rings. The van der Waals surface area contributed by atoms with Gasteiger partial charge in [0.2, 0.25) is 5.91 Å². The predicted octanol–water partition coefficient (Wildman–Crippen LogP) is 1.70. The van der Waals surface area contributed by atoms with Crippen molar-refractivity contribution in [2.45, 2.75) is 13.0 Å². The van der Waals surface area contributed by atoms with Crippen LogP contribution in [0, 0.1) is 0 Å². The van der Waals surface area contributed by atoms with Gasteiger partial charge in [-0.15, -0.1) is 0 Å². The lowest BCUT2D eigenvalue weighted by Crippen LogP contribution is -2.34. The van der Waals surface area contributed by atoms with E-state index in [4.69, 9.17) is 5.73 Å². The first-order valence-electron chi connectivity index (χ1n) is 6.06. The van der Waals surface area contributed by atoms with Gasteiger partial charge >= 0.3 is 0 Å². The molecule has 0 atom stereocenters. The highest BCUT2D eigenvalue weighted by atomic mass is 79.9. The zero-order valence-electron chi connectivity index (χ0n) is 10.5. The van der Waals surface area contributed by atoms with E-state index in [1.807, 2.05) is 25.2 Å². The summed E-state index contributed by atoms with van der Waals surface area (Å²) < 4.78 is 0.982. The molecule has 0 saturated carbocycles. The van der Waals surface area contributed by atoms with Crippen LogP contribution in [0.3, 0.4) is 0 Å². The molecule has 0 spiro atoms. The topological polar surface area (TPSA) is 49.6 Å². The lowest BCUT2D eigenvalue weighted by molar-refractivity contribution is -0.129. The van der Waals surface area contributed by atoms with Gasteiger partial charge < -0.3 is 10.6 Å². The van der Waals surface area contributed by atoms with Crippen molar-refractivity contribution in [1.29, 1.82) is 0 Å². The van der Waals surface area contributed by atoms with Crippen LogP contribution in [0.4, 0.5) is 5.69 Å². The molecule has 1 aromatic carbocycles. The van der Waals surface area contributed by atoms with Crippen molar-refractivity contribution in [2.75, 3.05) is 32.4 Å². The number of anilines is 1. The molecule has 1 saturated heterocycles. The van der Waals surface area contributed by atoms with Gasteiger partial charge in [0.15, 0.2) is 0 Å². The number of carbonyl (C=O) groups is 1. The fourth-order valence-corrected chi connectivity index (χ4v) is 2.51. The second-order valence-corrected chi connectivity index (χ2v) is 5.64. The molecule has 1 heterocycles. The third-order valence-corrected chi connectivity index (χ3v) is 3.75. The summed E-state index contributed by atoms with van der Waals surface area (Å²) in [4.78, 5) is 15.8. The molecule has 0 radical (unpaired) electrons. The van der Waals surface area contributed by atoms with Crippen molar-refractivity contribution in [3.05, 3.63) is 28.2 Å². The lowest BCUT2D eigenvalue weighted by Gasteiger charge is -2.20. The fraction of sp³-hybridized carbons (Fsp3) is 0.462. The number of rotatable bonds is 2. The van der Waals surface area contributed by atoms with Crippen LogP contribution in [0.25, 0.3) is 0 Å². The number of amides is 1. The third kappa shape index (κ3) is 3.23. The van der Waals surface area contributed by atoms with Crippen molar-refractivity contribution in [1.82, 2.24) is 9.80 Å². The summed E-state index contributed by atoms with van der Waals surface area (Å²) in [5, 5.41) is 0. The Balaban J connectivity index is 2.06. The van der Waals surface area contributed by atoms with Gasteiger partial charge in [0.1, 0.15) is 0 Å². The number of nitrogen functional groups attached to an aromatic ring is 1. The van der Waals surface area contributed by atoms with Crippen LogP contribution >= 0.6 is 15.9 Å². The number of benzene rings is 1. The molecule has 18 heavy (non-hydrogen) atoms.